The summed E-state index contributed by atoms with van der Waals surface area (Å²) in [7, 11) is 0. The molecular formula is C16H17Cl2N. The van der Waals surface area contributed by atoms with Gasteiger partial charge in [0.05, 0.1) is 10.0 Å². The van der Waals surface area contributed by atoms with E-state index in [-0.39, 0.29) is 0 Å². The number of benzene rings is 2. The Morgan fingerprint density at radius 1 is 0.895 bits per heavy atom. The molecular weight excluding hydrogens is 277 g/mol. The zero-order valence-electron chi connectivity index (χ0n) is 11.3. The van der Waals surface area contributed by atoms with Crippen LogP contribution in [0.3, 0.4) is 0 Å². The maximum Gasteiger partial charge on any atom is 0.0612 e. The molecule has 2 aromatic rings. The third kappa shape index (κ3) is 3.43. The van der Waals surface area contributed by atoms with Gasteiger partial charge in [0.1, 0.15) is 0 Å². The lowest BCUT2D eigenvalue weighted by Crippen LogP contribution is -2.04. The third-order valence-electron chi connectivity index (χ3n) is 3.23. The molecule has 0 amide bonds. The number of anilines is 1. The van der Waals surface area contributed by atoms with Crippen LogP contribution in [0.25, 0.3) is 0 Å². The number of halogens is 2. The topological polar surface area (TPSA) is 12.0 Å². The van der Waals surface area contributed by atoms with E-state index in [0.29, 0.717) is 10.0 Å². The minimum Gasteiger partial charge on any atom is -0.381 e. The number of rotatable bonds is 3. The molecule has 0 aliphatic heterocycles. The van der Waals surface area contributed by atoms with Crippen molar-refractivity contribution in [1.82, 2.24) is 0 Å². The molecule has 2 rings (SSSR count). The largest absolute Gasteiger partial charge is 0.381 e. The van der Waals surface area contributed by atoms with Gasteiger partial charge in [0.15, 0.2) is 0 Å². The number of nitrogens with one attached hydrogen (secondary N) is 1. The smallest absolute Gasteiger partial charge is 0.0612 e. The molecule has 3 heteroatoms. The average Bonchev–Trinajstić information content (AvgIpc) is 2.32. The van der Waals surface area contributed by atoms with Crippen LogP contribution < -0.4 is 5.32 Å². The Kier molecular flexibility index (Phi) is 4.38. The second kappa shape index (κ2) is 5.85. The third-order valence-corrected chi connectivity index (χ3v) is 3.97. The molecule has 0 aliphatic rings. The number of aryl methyl sites for hydroxylation is 3. The molecule has 2 aromatic carbocycles. The van der Waals surface area contributed by atoms with Gasteiger partial charge < -0.3 is 5.32 Å². The molecule has 0 saturated carbocycles. The highest BCUT2D eigenvalue weighted by Gasteiger charge is 2.04. The van der Waals surface area contributed by atoms with Gasteiger partial charge in [-0.1, -0.05) is 40.9 Å². The number of hydrogen-bond donors (Lipinski definition) is 1. The molecule has 0 heterocycles. The molecule has 0 aromatic heterocycles. The van der Waals surface area contributed by atoms with Crippen LogP contribution in [-0.4, -0.2) is 0 Å². The summed E-state index contributed by atoms with van der Waals surface area (Å²) in [5, 5.41) is 4.54. The van der Waals surface area contributed by atoms with Gasteiger partial charge in [0, 0.05) is 12.2 Å². The van der Waals surface area contributed by atoms with E-state index in [2.05, 4.69) is 38.2 Å². The van der Waals surface area contributed by atoms with E-state index >= 15 is 0 Å². The molecule has 0 saturated heterocycles. The monoisotopic (exact) mass is 293 g/mol. The summed E-state index contributed by atoms with van der Waals surface area (Å²) >= 11 is 11.9. The molecule has 0 atom stereocenters. The molecule has 1 N–H and O–H groups in total. The van der Waals surface area contributed by atoms with Gasteiger partial charge in [-0.25, -0.2) is 0 Å². The predicted octanol–water partition coefficient (Wildman–Crippen LogP) is 5.53. The van der Waals surface area contributed by atoms with Crippen LogP contribution in [0.15, 0.2) is 30.3 Å². The van der Waals surface area contributed by atoms with E-state index < -0.39 is 0 Å². The summed E-state index contributed by atoms with van der Waals surface area (Å²) in [6, 6.07) is 10.0. The van der Waals surface area contributed by atoms with Crippen LogP contribution in [0.1, 0.15) is 22.3 Å². The summed E-state index contributed by atoms with van der Waals surface area (Å²) in [5.74, 6) is 0. The summed E-state index contributed by atoms with van der Waals surface area (Å²) in [6.45, 7) is 7.20. The standard InChI is InChI=1S/C16H17Cl2N/c1-10-6-11(2)14(12(3)7-10)9-19-13-4-5-15(17)16(18)8-13/h4-8,19H,9H2,1-3H3. The Morgan fingerprint density at radius 2 is 1.53 bits per heavy atom. The van der Waals surface area contributed by atoms with Crippen molar-refractivity contribution in [2.24, 2.45) is 0 Å². The SMILES string of the molecule is Cc1cc(C)c(CNc2ccc(Cl)c(Cl)c2)c(C)c1. The minimum atomic E-state index is 0.573. The summed E-state index contributed by atoms with van der Waals surface area (Å²) in [4.78, 5) is 0. The van der Waals surface area contributed by atoms with Crippen molar-refractivity contribution in [1.29, 1.82) is 0 Å². The Bertz CT molecular complexity index is 583. The minimum absolute atomic E-state index is 0.573. The van der Waals surface area contributed by atoms with Gasteiger partial charge in [-0.15, -0.1) is 0 Å². The maximum absolute atomic E-state index is 6.01. The van der Waals surface area contributed by atoms with Crippen molar-refractivity contribution in [3.05, 3.63) is 62.6 Å². The Hall–Kier alpha value is -1.18. The van der Waals surface area contributed by atoms with Crippen LogP contribution in [0, 0.1) is 20.8 Å². The normalized spacial score (nSPS) is 10.6. The van der Waals surface area contributed by atoms with Gasteiger partial charge in [-0.3, -0.25) is 0 Å². The molecule has 19 heavy (non-hydrogen) atoms. The molecule has 0 spiro atoms. The molecule has 0 unspecified atom stereocenters. The van der Waals surface area contributed by atoms with Crippen molar-refractivity contribution in [3.63, 3.8) is 0 Å². The summed E-state index contributed by atoms with van der Waals surface area (Å²) in [6.07, 6.45) is 0. The predicted molar refractivity (Wildman–Crippen MR) is 84.4 cm³/mol. The van der Waals surface area contributed by atoms with Crippen LogP contribution in [0.4, 0.5) is 5.69 Å². The highest BCUT2D eigenvalue weighted by molar-refractivity contribution is 6.42. The van der Waals surface area contributed by atoms with Crippen molar-refractivity contribution >= 4 is 28.9 Å². The fourth-order valence-corrected chi connectivity index (χ4v) is 2.58. The van der Waals surface area contributed by atoms with Crippen molar-refractivity contribution in [2.45, 2.75) is 27.3 Å². The first kappa shape index (κ1) is 14.2. The first-order chi connectivity index (χ1) is 8.97. The van der Waals surface area contributed by atoms with Crippen molar-refractivity contribution < 1.29 is 0 Å². The molecule has 0 radical (unpaired) electrons. The molecule has 100 valence electrons. The number of hydrogen-bond acceptors (Lipinski definition) is 1. The highest BCUT2D eigenvalue weighted by atomic mass is 35.5. The van der Waals surface area contributed by atoms with Gasteiger partial charge in [-0.05, 0) is 55.7 Å². The van der Waals surface area contributed by atoms with E-state index in [4.69, 9.17) is 23.2 Å². The maximum atomic E-state index is 6.01. The lowest BCUT2D eigenvalue weighted by atomic mass is 10.00. The summed E-state index contributed by atoms with van der Waals surface area (Å²) in [5.41, 5.74) is 6.23. The van der Waals surface area contributed by atoms with Crippen LogP contribution >= 0.6 is 23.2 Å². The Balaban J connectivity index is 2.16. The van der Waals surface area contributed by atoms with Crippen LogP contribution in [0.2, 0.25) is 10.0 Å². The Morgan fingerprint density at radius 3 is 2.11 bits per heavy atom. The lowest BCUT2D eigenvalue weighted by molar-refractivity contribution is 1.08. The lowest BCUT2D eigenvalue weighted by Gasteiger charge is -2.13. The van der Waals surface area contributed by atoms with Crippen LogP contribution in [0.5, 0.6) is 0 Å². The van der Waals surface area contributed by atoms with Crippen molar-refractivity contribution in [2.75, 3.05) is 5.32 Å². The Labute approximate surface area is 124 Å². The summed E-state index contributed by atoms with van der Waals surface area (Å²) < 4.78 is 0. The molecule has 0 aliphatic carbocycles. The molecule has 0 fully saturated rings. The van der Waals surface area contributed by atoms with Crippen LogP contribution in [-0.2, 0) is 6.54 Å². The second-order valence-corrected chi connectivity index (χ2v) is 5.67. The second-order valence-electron chi connectivity index (χ2n) is 4.86. The van der Waals surface area contributed by atoms with Crippen molar-refractivity contribution in [3.8, 4) is 0 Å². The zero-order chi connectivity index (χ0) is 14.0. The highest BCUT2D eigenvalue weighted by Crippen LogP contribution is 2.26. The average molecular weight is 294 g/mol. The van der Waals surface area contributed by atoms with Gasteiger partial charge in [0.2, 0.25) is 0 Å². The van der Waals surface area contributed by atoms with Gasteiger partial charge in [0.25, 0.3) is 0 Å². The zero-order valence-corrected chi connectivity index (χ0v) is 12.9. The van der Waals surface area contributed by atoms with E-state index in [1.165, 1.54) is 22.3 Å². The van der Waals surface area contributed by atoms with Gasteiger partial charge >= 0.3 is 0 Å². The van der Waals surface area contributed by atoms with Gasteiger partial charge in [-0.2, -0.15) is 0 Å². The first-order valence-corrected chi connectivity index (χ1v) is 6.98. The molecule has 0 bridgehead atoms. The fourth-order valence-electron chi connectivity index (χ4n) is 2.29. The first-order valence-electron chi connectivity index (χ1n) is 6.23. The van der Waals surface area contributed by atoms with E-state index in [1.807, 2.05) is 12.1 Å². The molecule has 1 nitrogen and oxygen atoms in total. The fraction of sp³-hybridized carbons (Fsp3) is 0.250. The van der Waals surface area contributed by atoms with E-state index in [0.717, 1.165) is 12.2 Å². The quantitative estimate of drug-likeness (QED) is 0.784. The van der Waals surface area contributed by atoms with E-state index in [9.17, 15) is 0 Å². The van der Waals surface area contributed by atoms with E-state index in [1.54, 1.807) is 6.07 Å².